The SMILES string of the molecule is CC(=O)NCCc1ccc(C(=O)C(C)Sc2nnc(-c3ccccc3C)o2)cc1. The van der Waals surface area contributed by atoms with Crippen molar-refractivity contribution in [3.63, 3.8) is 0 Å². The number of rotatable bonds is 8. The van der Waals surface area contributed by atoms with Crippen LogP contribution in [0.4, 0.5) is 0 Å². The van der Waals surface area contributed by atoms with Crippen LogP contribution in [0, 0.1) is 6.92 Å². The molecule has 1 aromatic heterocycles. The Kier molecular flexibility index (Phi) is 6.82. The molecule has 1 amide bonds. The lowest BCUT2D eigenvalue weighted by molar-refractivity contribution is -0.118. The number of Topliss-reactive ketones (excluding diaryl/α,β-unsaturated/α-hetero) is 1. The van der Waals surface area contributed by atoms with Crippen LogP contribution >= 0.6 is 11.8 Å². The van der Waals surface area contributed by atoms with Crippen molar-refractivity contribution in [1.82, 2.24) is 15.5 Å². The van der Waals surface area contributed by atoms with Crippen LogP contribution in [0.1, 0.15) is 35.3 Å². The van der Waals surface area contributed by atoms with Gasteiger partial charge in [0, 0.05) is 24.6 Å². The number of aryl methyl sites for hydroxylation is 1. The summed E-state index contributed by atoms with van der Waals surface area (Å²) in [6.07, 6.45) is 0.724. The van der Waals surface area contributed by atoms with Crippen LogP contribution in [0.5, 0.6) is 0 Å². The third kappa shape index (κ3) is 5.54. The average Bonchev–Trinajstić information content (AvgIpc) is 3.16. The van der Waals surface area contributed by atoms with Crippen LogP contribution in [-0.2, 0) is 11.2 Å². The molecule has 1 atom stereocenters. The summed E-state index contributed by atoms with van der Waals surface area (Å²) in [5.41, 5.74) is 3.64. The van der Waals surface area contributed by atoms with Crippen molar-refractivity contribution < 1.29 is 14.0 Å². The molecule has 0 saturated heterocycles. The molecule has 1 unspecified atom stereocenters. The highest BCUT2D eigenvalue weighted by Gasteiger charge is 2.20. The molecule has 1 N–H and O–H groups in total. The predicted octanol–water partition coefficient (Wildman–Crippen LogP) is 4.09. The number of nitrogens with zero attached hydrogens (tertiary/aromatic N) is 2. The van der Waals surface area contributed by atoms with Crippen molar-refractivity contribution in [1.29, 1.82) is 0 Å². The van der Waals surface area contributed by atoms with Crippen LogP contribution in [0.15, 0.2) is 58.2 Å². The zero-order chi connectivity index (χ0) is 20.8. The smallest absolute Gasteiger partial charge is 0.277 e. The zero-order valence-corrected chi connectivity index (χ0v) is 17.5. The van der Waals surface area contributed by atoms with E-state index in [1.54, 1.807) is 0 Å². The maximum atomic E-state index is 12.7. The van der Waals surface area contributed by atoms with Crippen molar-refractivity contribution in [2.24, 2.45) is 0 Å². The van der Waals surface area contributed by atoms with Crippen LogP contribution in [0.3, 0.4) is 0 Å². The molecule has 29 heavy (non-hydrogen) atoms. The second-order valence-corrected chi connectivity index (χ2v) is 8.03. The molecule has 3 aromatic rings. The van der Waals surface area contributed by atoms with E-state index in [0.29, 0.717) is 23.2 Å². The molecule has 1 heterocycles. The zero-order valence-electron chi connectivity index (χ0n) is 16.6. The van der Waals surface area contributed by atoms with Crippen molar-refractivity contribution in [3.05, 3.63) is 65.2 Å². The molecule has 0 fully saturated rings. The number of amides is 1. The number of hydrogen-bond acceptors (Lipinski definition) is 6. The topological polar surface area (TPSA) is 85.1 Å². The van der Waals surface area contributed by atoms with Gasteiger partial charge in [-0.3, -0.25) is 9.59 Å². The highest BCUT2D eigenvalue weighted by atomic mass is 32.2. The van der Waals surface area contributed by atoms with Gasteiger partial charge < -0.3 is 9.73 Å². The minimum Gasteiger partial charge on any atom is -0.411 e. The molecule has 0 bridgehead atoms. The standard InChI is InChI=1S/C22H23N3O3S/c1-14-6-4-5-7-19(14)21-24-25-22(28-21)29-15(2)20(27)18-10-8-17(9-11-18)12-13-23-16(3)26/h4-11,15H,12-13H2,1-3H3,(H,23,26). The fourth-order valence-electron chi connectivity index (χ4n) is 2.84. The van der Waals surface area contributed by atoms with Gasteiger partial charge in [0.25, 0.3) is 5.22 Å². The molecule has 150 valence electrons. The van der Waals surface area contributed by atoms with E-state index in [9.17, 15) is 9.59 Å². The normalized spacial score (nSPS) is 11.8. The predicted molar refractivity (Wildman–Crippen MR) is 113 cm³/mol. The molecule has 0 radical (unpaired) electrons. The third-order valence-corrected chi connectivity index (χ3v) is 5.39. The summed E-state index contributed by atoms with van der Waals surface area (Å²) in [6, 6.07) is 15.2. The number of nitrogens with one attached hydrogen (secondary N) is 1. The van der Waals surface area contributed by atoms with Gasteiger partial charge in [0.2, 0.25) is 11.8 Å². The fraction of sp³-hybridized carbons (Fsp3) is 0.273. The third-order valence-electron chi connectivity index (χ3n) is 4.45. The van der Waals surface area contributed by atoms with Gasteiger partial charge >= 0.3 is 0 Å². The number of aromatic nitrogens is 2. The first-order valence-corrected chi connectivity index (χ1v) is 10.3. The van der Waals surface area contributed by atoms with Crippen molar-refractivity contribution in [2.75, 3.05) is 6.54 Å². The minimum absolute atomic E-state index is 0.000877. The first-order chi connectivity index (χ1) is 13.9. The molecule has 0 aliphatic heterocycles. The van der Waals surface area contributed by atoms with Gasteiger partial charge in [-0.05, 0) is 37.5 Å². The molecule has 0 saturated carbocycles. The van der Waals surface area contributed by atoms with E-state index in [0.717, 1.165) is 23.1 Å². The highest BCUT2D eigenvalue weighted by Crippen LogP contribution is 2.29. The monoisotopic (exact) mass is 409 g/mol. The van der Waals surface area contributed by atoms with E-state index in [1.165, 1.54) is 18.7 Å². The number of thioether (sulfide) groups is 1. The Balaban J connectivity index is 1.61. The second kappa shape index (κ2) is 9.52. The molecular formula is C22H23N3O3S. The summed E-state index contributed by atoms with van der Waals surface area (Å²) in [5, 5.41) is 11.0. The van der Waals surface area contributed by atoms with E-state index in [2.05, 4.69) is 15.5 Å². The summed E-state index contributed by atoms with van der Waals surface area (Å²) < 4.78 is 5.74. The van der Waals surface area contributed by atoms with Gasteiger partial charge in [0.1, 0.15) is 0 Å². The maximum absolute atomic E-state index is 12.7. The summed E-state index contributed by atoms with van der Waals surface area (Å²) in [6.45, 7) is 5.89. The van der Waals surface area contributed by atoms with Gasteiger partial charge in [-0.25, -0.2) is 0 Å². The minimum atomic E-state index is -0.356. The van der Waals surface area contributed by atoms with Gasteiger partial charge in [-0.1, -0.05) is 54.2 Å². The Labute approximate surface area is 174 Å². The molecule has 7 heteroatoms. The number of carbonyl (C=O) groups is 2. The molecule has 2 aromatic carbocycles. The van der Waals surface area contributed by atoms with Gasteiger partial charge in [-0.15, -0.1) is 10.2 Å². The van der Waals surface area contributed by atoms with Crippen LogP contribution in [0.25, 0.3) is 11.5 Å². The molecule has 0 aliphatic rings. The van der Waals surface area contributed by atoms with Crippen molar-refractivity contribution >= 4 is 23.5 Å². The number of hydrogen-bond donors (Lipinski definition) is 1. The van der Waals surface area contributed by atoms with Gasteiger partial charge in [0.15, 0.2) is 5.78 Å². The largest absolute Gasteiger partial charge is 0.411 e. The molecule has 3 rings (SSSR count). The lowest BCUT2D eigenvalue weighted by Gasteiger charge is -2.08. The van der Waals surface area contributed by atoms with Crippen molar-refractivity contribution in [2.45, 2.75) is 37.7 Å². The first kappa shape index (κ1) is 20.8. The van der Waals surface area contributed by atoms with Crippen LogP contribution in [0.2, 0.25) is 0 Å². The maximum Gasteiger partial charge on any atom is 0.277 e. The summed E-state index contributed by atoms with van der Waals surface area (Å²) in [4.78, 5) is 23.7. The molecule has 0 aliphatic carbocycles. The summed E-state index contributed by atoms with van der Waals surface area (Å²) in [5.74, 6) is 0.405. The van der Waals surface area contributed by atoms with E-state index >= 15 is 0 Å². The van der Waals surface area contributed by atoms with Gasteiger partial charge in [0.05, 0.1) is 5.25 Å². The Morgan fingerprint density at radius 1 is 1.10 bits per heavy atom. The lowest BCUT2D eigenvalue weighted by Crippen LogP contribution is -2.22. The van der Waals surface area contributed by atoms with E-state index in [1.807, 2.05) is 62.4 Å². The Morgan fingerprint density at radius 2 is 1.83 bits per heavy atom. The van der Waals surface area contributed by atoms with Gasteiger partial charge in [-0.2, -0.15) is 0 Å². The van der Waals surface area contributed by atoms with E-state index in [4.69, 9.17) is 4.42 Å². The fourth-order valence-corrected chi connectivity index (χ4v) is 3.60. The summed E-state index contributed by atoms with van der Waals surface area (Å²) in [7, 11) is 0. The Morgan fingerprint density at radius 3 is 2.52 bits per heavy atom. The number of carbonyl (C=O) groups excluding carboxylic acids is 2. The number of ketones is 1. The number of benzene rings is 2. The molecule has 0 spiro atoms. The van der Waals surface area contributed by atoms with E-state index < -0.39 is 0 Å². The Hall–Kier alpha value is -2.93. The van der Waals surface area contributed by atoms with Crippen LogP contribution in [-0.4, -0.2) is 33.7 Å². The van der Waals surface area contributed by atoms with Crippen molar-refractivity contribution in [3.8, 4) is 11.5 Å². The average molecular weight is 410 g/mol. The summed E-state index contributed by atoms with van der Waals surface area (Å²) >= 11 is 1.25. The quantitative estimate of drug-likeness (QED) is 0.446. The molecule has 6 nitrogen and oxygen atoms in total. The second-order valence-electron chi connectivity index (χ2n) is 6.74. The van der Waals surface area contributed by atoms with E-state index in [-0.39, 0.29) is 16.9 Å². The van der Waals surface area contributed by atoms with Crippen LogP contribution < -0.4 is 5.32 Å². The first-order valence-electron chi connectivity index (χ1n) is 9.38. The lowest BCUT2D eigenvalue weighted by atomic mass is 10.0. The molecular weight excluding hydrogens is 386 g/mol. The Bertz CT molecular complexity index is 999. The highest BCUT2D eigenvalue weighted by molar-refractivity contribution is 8.00.